The van der Waals surface area contributed by atoms with Crippen LogP contribution in [-0.4, -0.2) is 16.9 Å². The Morgan fingerprint density at radius 1 is 1.11 bits per heavy atom. The molecule has 0 aliphatic carbocycles. The maximum Gasteiger partial charge on any atom is 0.373 e. The van der Waals surface area contributed by atoms with E-state index in [1.165, 1.54) is 13.8 Å². The lowest BCUT2D eigenvalue weighted by Gasteiger charge is -2.22. The molecule has 4 heteroatoms. The molecule has 100 valence electrons. The van der Waals surface area contributed by atoms with E-state index in [0.29, 0.717) is 5.56 Å². The van der Waals surface area contributed by atoms with Gasteiger partial charge in [0.05, 0.1) is 5.56 Å². The van der Waals surface area contributed by atoms with Crippen LogP contribution in [0, 0.1) is 0 Å². The van der Waals surface area contributed by atoms with Crippen molar-refractivity contribution in [2.75, 3.05) is 0 Å². The van der Waals surface area contributed by atoms with Gasteiger partial charge >= 0.3 is 5.97 Å². The zero-order valence-electron chi connectivity index (χ0n) is 11.5. The van der Waals surface area contributed by atoms with Gasteiger partial charge in [0.1, 0.15) is 0 Å². The van der Waals surface area contributed by atoms with Crippen molar-refractivity contribution in [1.82, 2.24) is 0 Å². The van der Waals surface area contributed by atoms with Gasteiger partial charge in [0.2, 0.25) is 5.79 Å². The highest BCUT2D eigenvalue weighted by Gasteiger charge is 2.24. The van der Waals surface area contributed by atoms with Crippen LogP contribution in [0.25, 0.3) is 0 Å². The molecule has 0 bridgehead atoms. The van der Waals surface area contributed by atoms with Crippen LogP contribution in [0.2, 0.25) is 0 Å². The molecule has 0 amide bonds. The zero-order chi connectivity index (χ0) is 14.0. The van der Waals surface area contributed by atoms with Crippen LogP contribution < -0.4 is 0 Å². The Kier molecular flexibility index (Phi) is 4.14. The number of rotatable bonds is 3. The molecule has 0 unspecified atom stereocenters. The summed E-state index contributed by atoms with van der Waals surface area (Å²) in [6, 6.07) is 7.18. The molecule has 0 spiro atoms. The highest BCUT2D eigenvalue weighted by atomic mass is 17.2. The van der Waals surface area contributed by atoms with Crippen LogP contribution in [0.15, 0.2) is 24.3 Å². The number of hydrogen-bond acceptors (Lipinski definition) is 4. The van der Waals surface area contributed by atoms with E-state index in [1.54, 1.807) is 12.1 Å². The van der Waals surface area contributed by atoms with Crippen LogP contribution >= 0.6 is 0 Å². The standard InChI is InChI=1S/C14H20O4/c1-13(2,3)11-9-7-6-8-10(11)12(15)17-18-14(4,5)16/h6-9,16H,1-5H3. The molecule has 0 atom stereocenters. The first-order valence-electron chi connectivity index (χ1n) is 5.83. The van der Waals surface area contributed by atoms with E-state index in [4.69, 9.17) is 0 Å². The SMILES string of the molecule is CC(C)(O)OOC(=O)c1ccccc1C(C)(C)C. The Bertz CT molecular complexity index is 424. The summed E-state index contributed by atoms with van der Waals surface area (Å²) in [5, 5.41) is 9.34. The number of benzene rings is 1. The lowest BCUT2D eigenvalue weighted by atomic mass is 9.84. The van der Waals surface area contributed by atoms with E-state index in [-0.39, 0.29) is 5.41 Å². The monoisotopic (exact) mass is 252 g/mol. The van der Waals surface area contributed by atoms with Crippen LogP contribution in [0.5, 0.6) is 0 Å². The van der Waals surface area contributed by atoms with Gasteiger partial charge in [0.15, 0.2) is 0 Å². The number of carbonyl (C=O) groups is 1. The van der Waals surface area contributed by atoms with Crippen LogP contribution in [0.4, 0.5) is 0 Å². The second-order valence-electron chi connectivity index (χ2n) is 5.70. The summed E-state index contributed by atoms with van der Waals surface area (Å²) < 4.78 is 0. The van der Waals surface area contributed by atoms with Crippen molar-refractivity contribution < 1.29 is 19.7 Å². The van der Waals surface area contributed by atoms with Gasteiger partial charge in [-0.05, 0) is 30.9 Å². The van der Waals surface area contributed by atoms with Crippen molar-refractivity contribution in [3.63, 3.8) is 0 Å². The van der Waals surface area contributed by atoms with Gasteiger partial charge in [-0.25, -0.2) is 4.79 Å². The predicted octanol–water partition coefficient (Wildman–Crippen LogP) is 2.80. The van der Waals surface area contributed by atoms with Gasteiger partial charge in [-0.1, -0.05) is 39.0 Å². The van der Waals surface area contributed by atoms with Gasteiger partial charge in [-0.3, -0.25) is 4.89 Å². The summed E-state index contributed by atoms with van der Waals surface area (Å²) in [4.78, 5) is 21.2. The summed E-state index contributed by atoms with van der Waals surface area (Å²) in [6.07, 6.45) is 0. The van der Waals surface area contributed by atoms with Crippen LogP contribution in [0.1, 0.15) is 50.5 Å². The molecule has 4 nitrogen and oxygen atoms in total. The summed E-state index contributed by atoms with van der Waals surface area (Å²) in [7, 11) is 0. The number of carbonyl (C=O) groups excluding carboxylic acids is 1. The number of aliphatic hydroxyl groups is 1. The summed E-state index contributed by atoms with van der Waals surface area (Å²) in [5.41, 5.74) is 1.13. The van der Waals surface area contributed by atoms with Crippen molar-refractivity contribution >= 4 is 5.97 Å². The molecule has 0 fully saturated rings. The average Bonchev–Trinajstić information content (AvgIpc) is 2.24. The molecule has 0 heterocycles. The molecule has 0 aliphatic heterocycles. The topological polar surface area (TPSA) is 55.8 Å². The lowest BCUT2D eigenvalue weighted by Crippen LogP contribution is -2.26. The fraction of sp³-hybridized carbons (Fsp3) is 0.500. The first kappa shape index (κ1) is 14.7. The molecule has 0 radical (unpaired) electrons. The Morgan fingerprint density at radius 2 is 1.67 bits per heavy atom. The molecule has 18 heavy (non-hydrogen) atoms. The first-order chi connectivity index (χ1) is 8.11. The largest absolute Gasteiger partial charge is 0.373 e. The van der Waals surface area contributed by atoms with E-state index in [0.717, 1.165) is 5.56 Å². The Balaban J connectivity index is 2.93. The van der Waals surface area contributed by atoms with Gasteiger partial charge in [0.25, 0.3) is 0 Å². The van der Waals surface area contributed by atoms with Crippen molar-refractivity contribution in [2.24, 2.45) is 0 Å². The van der Waals surface area contributed by atoms with E-state index in [2.05, 4.69) is 9.78 Å². The Morgan fingerprint density at radius 3 is 2.17 bits per heavy atom. The second-order valence-corrected chi connectivity index (χ2v) is 5.70. The van der Waals surface area contributed by atoms with Crippen molar-refractivity contribution in [1.29, 1.82) is 0 Å². The third-order valence-electron chi connectivity index (χ3n) is 2.28. The first-order valence-corrected chi connectivity index (χ1v) is 5.83. The maximum atomic E-state index is 11.9. The number of hydrogen-bond donors (Lipinski definition) is 1. The lowest BCUT2D eigenvalue weighted by molar-refractivity contribution is -0.370. The molecule has 0 aromatic heterocycles. The quantitative estimate of drug-likeness (QED) is 0.510. The van der Waals surface area contributed by atoms with Crippen LogP contribution in [0.3, 0.4) is 0 Å². The highest BCUT2D eigenvalue weighted by molar-refractivity contribution is 5.91. The third-order valence-corrected chi connectivity index (χ3v) is 2.28. The fourth-order valence-electron chi connectivity index (χ4n) is 1.50. The predicted molar refractivity (Wildman–Crippen MR) is 67.9 cm³/mol. The summed E-state index contributed by atoms with van der Waals surface area (Å²) >= 11 is 0. The minimum Gasteiger partial charge on any atom is -0.363 e. The fourth-order valence-corrected chi connectivity index (χ4v) is 1.50. The normalized spacial score (nSPS) is 12.3. The third kappa shape index (κ3) is 4.13. The molecule has 0 aliphatic rings. The smallest absolute Gasteiger partial charge is 0.363 e. The van der Waals surface area contributed by atoms with Gasteiger partial charge in [0, 0.05) is 0 Å². The Hall–Kier alpha value is -1.39. The zero-order valence-corrected chi connectivity index (χ0v) is 11.5. The van der Waals surface area contributed by atoms with E-state index >= 15 is 0 Å². The second kappa shape index (κ2) is 5.08. The molecule has 1 rings (SSSR count). The summed E-state index contributed by atoms with van der Waals surface area (Å²) in [5.74, 6) is -2.12. The van der Waals surface area contributed by atoms with E-state index < -0.39 is 11.8 Å². The highest BCUT2D eigenvalue weighted by Crippen LogP contribution is 2.26. The van der Waals surface area contributed by atoms with Gasteiger partial charge < -0.3 is 5.11 Å². The van der Waals surface area contributed by atoms with Crippen LogP contribution in [-0.2, 0) is 15.2 Å². The minimum atomic E-state index is -1.51. The van der Waals surface area contributed by atoms with Crippen molar-refractivity contribution in [3.05, 3.63) is 35.4 Å². The molecule has 1 aromatic rings. The van der Waals surface area contributed by atoms with E-state index in [1.807, 2.05) is 32.9 Å². The molecule has 0 saturated carbocycles. The Labute approximate surface area is 107 Å². The minimum absolute atomic E-state index is 0.176. The molecular formula is C14H20O4. The van der Waals surface area contributed by atoms with Crippen molar-refractivity contribution in [2.45, 2.75) is 45.8 Å². The molecular weight excluding hydrogens is 232 g/mol. The molecule has 1 aromatic carbocycles. The molecule has 0 saturated heterocycles. The van der Waals surface area contributed by atoms with E-state index in [9.17, 15) is 9.90 Å². The van der Waals surface area contributed by atoms with Crippen molar-refractivity contribution in [3.8, 4) is 0 Å². The van der Waals surface area contributed by atoms with Gasteiger partial charge in [-0.15, -0.1) is 4.89 Å². The molecule has 1 N–H and O–H groups in total. The van der Waals surface area contributed by atoms with Gasteiger partial charge in [-0.2, -0.15) is 0 Å². The maximum absolute atomic E-state index is 11.9. The average molecular weight is 252 g/mol. The summed E-state index contributed by atoms with van der Waals surface area (Å²) in [6.45, 7) is 8.80.